The molecule has 1 amide bonds. The van der Waals surface area contributed by atoms with Crippen LogP contribution in [-0.4, -0.2) is 71.7 Å². The molecule has 3 aliphatic heterocycles. The van der Waals surface area contributed by atoms with Gasteiger partial charge in [0.1, 0.15) is 18.0 Å². The Kier molecular flexibility index (Phi) is 6.84. The number of carbonyl (C=O) groups excluding carboxylic acids is 1. The average Bonchev–Trinajstić information content (AvgIpc) is 2.95. The van der Waals surface area contributed by atoms with Gasteiger partial charge >= 0.3 is 0 Å². The van der Waals surface area contributed by atoms with E-state index in [1.54, 1.807) is 14.2 Å². The molecule has 0 radical (unpaired) electrons. The number of nitriles is 1. The van der Waals surface area contributed by atoms with Gasteiger partial charge in [-0.2, -0.15) is 5.26 Å². The van der Waals surface area contributed by atoms with Crippen molar-refractivity contribution in [3.05, 3.63) is 41.0 Å². The highest BCUT2D eigenvalue weighted by Gasteiger charge is 2.32. The van der Waals surface area contributed by atoms with E-state index in [0.29, 0.717) is 11.3 Å². The molecule has 9 nitrogen and oxygen atoms in total. The largest absolute Gasteiger partial charge is 0.497 e. The molecule has 2 N–H and O–H groups in total. The fourth-order valence-corrected chi connectivity index (χ4v) is 5.88. The van der Waals surface area contributed by atoms with Gasteiger partial charge in [-0.25, -0.2) is 0 Å². The second kappa shape index (κ2) is 10.1. The molecule has 5 rings (SSSR count). The van der Waals surface area contributed by atoms with Crippen LogP contribution >= 0.6 is 0 Å². The maximum Gasteiger partial charge on any atom is 0.222 e. The minimum atomic E-state index is -0.692. The number of aliphatic hydroxyl groups is 1. The Hall–Kier alpha value is -3.90. The average molecular weight is 517 g/mol. The molecule has 3 aliphatic rings. The molecule has 0 saturated carbocycles. The van der Waals surface area contributed by atoms with Gasteiger partial charge in [-0.1, -0.05) is 0 Å². The Morgan fingerprint density at radius 1 is 1.03 bits per heavy atom. The van der Waals surface area contributed by atoms with Crippen molar-refractivity contribution in [3.8, 4) is 11.8 Å². The number of ether oxygens (including phenoxy) is 1. The molecule has 1 saturated heterocycles. The van der Waals surface area contributed by atoms with Crippen LogP contribution in [0.3, 0.4) is 0 Å². The van der Waals surface area contributed by atoms with Crippen LogP contribution in [0.1, 0.15) is 30.9 Å². The molecular formula is C29H36N6O3. The van der Waals surface area contributed by atoms with Crippen molar-refractivity contribution in [1.82, 2.24) is 5.32 Å². The quantitative estimate of drug-likeness (QED) is 0.639. The van der Waals surface area contributed by atoms with Gasteiger partial charge in [0.15, 0.2) is 0 Å². The molecule has 0 aromatic heterocycles. The molecule has 38 heavy (non-hydrogen) atoms. The van der Waals surface area contributed by atoms with E-state index >= 15 is 0 Å². The van der Waals surface area contributed by atoms with Crippen LogP contribution in [-0.2, 0) is 4.79 Å². The van der Waals surface area contributed by atoms with Crippen LogP contribution in [0.2, 0.25) is 0 Å². The topological polar surface area (TPSA) is 95.3 Å². The maximum absolute atomic E-state index is 12.1. The molecule has 1 unspecified atom stereocenters. The molecule has 3 heterocycles. The standard InChI is InChI=1S/C29H36N6O3/c1-18-12-22-24(33(4)29(18)37)14-21(38-5)15-25(22)35-11-10-32(3)26-16-23(20(17-30)13-27(26)35)34-8-6-19(7-9-34)28(36)31-2/h12-16,19,29,37H,6-11H2,1-5H3,(H,31,36). The van der Waals surface area contributed by atoms with E-state index in [1.807, 2.05) is 43.1 Å². The molecule has 200 valence electrons. The molecular weight excluding hydrogens is 480 g/mol. The lowest BCUT2D eigenvalue weighted by Crippen LogP contribution is -2.41. The Morgan fingerprint density at radius 3 is 2.39 bits per heavy atom. The van der Waals surface area contributed by atoms with E-state index in [1.165, 1.54) is 0 Å². The van der Waals surface area contributed by atoms with Gasteiger partial charge < -0.3 is 34.8 Å². The summed E-state index contributed by atoms with van der Waals surface area (Å²) in [5.41, 5.74) is 7.33. The van der Waals surface area contributed by atoms with Gasteiger partial charge in [-0.05, 0) is 43.5 Å². The number of carbonyl (C=O) groups is 1. The SMILES string of the molecule is CNC(=O)C1CCN(c2cc3c(cc2C#N)N(c2cc(OC)cc4c2C=C(C)C(O)N4C)CCN3C)CC1. The van der Waals surface area contributed by atoms with Crippen LogP contribution in [0.4, 0.5) is 28.4 Å². The van der Waals surface area contributed by atoms with Crippen molar-refractivity contribution < 1.29 is 14.6 Å². The number of likely N-dealkylation sites (N-methyl/N-ethyl adjacent to an activating group) is 2. The molecule has 0 aliphatic carbocycles. The van der Waals surface area contributed by atoms with E-state index in [-0.39, 0.29) is 11.8 Å². The van der Waals surface area contributed by atoms with Crippen molar-refractivity contribution in [3.63, 3.8) is 0 Å². The zero-order chi connectivity index (χ0) is 27.1. The molecule has 0 spiro atoms. The van der Waals surface area contributed by atoms with Crippen LogP contribution in [0.15, 0.2) is 29.8 Å². The number of aliphatic hydroxyl groups excluding tert-OH is 1. The smallest absolute Gasteiger partial charge is 0.222 e. The zero-order valence-corrected chi connectivity index (χ0v) is 22.8. The summed E-state index contributed by atoms with van der Waals surface area (Å²) in [6.07, 6.45) is 2.89. The highest BCUT2D eigenvalue weighted by Crippen LogP contribution is 2.47. The van der Waals surface area contributed by atoms with Crippen LogP contribution in [0.25, 0.3) is 6.08 Å². The van der Waals surface area contributed by atoms with Crippen molar-refractivity contribution >= 4 is 40.4 Å². The number of benzene rings is 2. The number of piperidine rings is 1. The number of rotatable bonds is 4. The van der Waals surface area contributed by atoms with Crippen molar-refractivity contribution in [1.29, 1.82) is 5.26 Å². The Balaban J connectivity index is 1.58. The van der Waals surface area contributed by atoms with Crippen LogP contribution < -0.4 is 29.7 Å². The van der Waals surface area contributed by atoms with Crippen LogP contribution in [0, 0.1) is 17.2 Å². The summed E-state index contributed by atoms with van der Waals surface area (Å²) in [4.78, 5) is 20.7. The van der Waals surface area contributed by atoms with E-state index in [4.69, 9.17) is 4.74 Å². The number of fused-ring (bicyclic) bond motifs is 2. The first-order chi connectivity index (χ1) is 18.3. The molecule has 2 aromatic rings. The van der Waals surface area contributed by atoms with E-state index in [9.17, 15) is 15.2 Å². The molecule has 1 atom stereocenters. The van der Waals surface area contributed by atoms with Gasteiger partial charge in [-0.15, -0.1) is 0 Å². The van der Waals surface area contributed by atoms with Gasteiger partial charge in [0.2, 0.25) is 5.91 Å². The minimum absolute atomic E-state index is 0.0185. The third-order valence-electron chi connectivity index (χ3n) is 8.19. The summed E-state index contributed by atoms with van der Waals surface area (Å²) in [5.74, 6) is 0.822. The van der Waals surface area contributed by atoms with E-state index in [2.05, 4.69) is 39.2 Å². The fraction of sp³-hybridized carbons (Fsp3) is 0.448. The predicted octanol–water partition coefficient (Wildman–Crippen LogP) is 3.29. The number of amides is 1. The first-order valence-corrected chi connectivity index (χ1v) is 13.1. The van der Waals surface area contributed by atoms with Gasteiger partial charge in [0.05, 0.1) is 41.1 Å². The highest BCUT2D eigenvalue weighted by atomic mass is 16.5. The Labute approximate surface area is 224 Å². The van der Waals surface area contributed by atoms with Crippen molar-refractivity contribution in [2.45, 2.75) is 26.0 Å². The van der Waals surface area contributed by atoms with E-state index in [0.717, 1.165) is 78.6 Å². The summed E-state index contributed by atoms with van der Waals surface area (Å²) in [7, 11) is 7.30. The number of anilines is 5. The second-order valence-corrected chi connectivity index (χ2v) is 10.4. The Morgan fingerprint density at radius 2 is 1.74 bits per heavy atom. The number of methoxy groups -OCH3 is 1. The van der Waals surface area contributed by atoms with Gasteiger partial charge in [0.25, 0.3) is 0 Å². The lowest BCUT2D eigenvalue weighted by molar-refractivity contribution is -0.125. The zero-order valence-electron chi connectivity index (χ0n) is 22.8. The summed E-state index contributed by atoms with van der Waals surface area (Å²) in [6, 6.07) is 10.5. The molecule has 1 fully saturated rings. The van der Waals surface area contributed by atoms with Gasteiger partial charge in [-0.3, -0.25) is 4.79 Å². The second-order valence-electron chi connectivity index (χ2n) is 10.4. The highest BCUT2D eigenvalue weighted by molar-refractivity contribution is 5.92. The lowest BCUT2D eigenvalue weighted by Gasteiger charge is -2.41. The first-order valence-electron chi connectivity index (χ1n) is 13.1. The summed E-state index contributed by atoms with van der Waals surface area (Å²) >= 11 is 0. The number of nitrogens with one attached hydrogen (secondary N) is 1. The predicted molar refractivity (Wildman–Crippen MR) is 151 cm³/mol. The molecule has 0 bridgehead atoms. The maximum atomic E-state index is 12.1. The molecule has 2 aromatic carbocycles. The summed E-state index contributed by atoms with van der Waals surface area (Å²) in [5, 5.41) is 23.6. The van der Waals surface area contributed by atoms with E-state index < -0.39 is 6.23 Å². The Bertz CT molecular complexity index is 1320. The summed E-state index contributed by atoms with van der Waals surface area (Å²) in [6.45, 7) is 4.96. The normalized spacial score (nSPS) is 19.4. The lowest BCUT2D eigenvalue weighted by atomic mass is 9.94. The first kappa shape index (κ1) is 25.7. The number of nitrogens with zero attached hydrogens (tertiary/aromatic N) is 5. The minimum Gasteiger partial charge on any atom is -0.497 e. The van der Waals surface area contributed by atoms with Crippen LogP contribution in [0.5, 0.6) is 5.75 Å². The number of hydrogen-bond acceptors (Lipinski definition) is 8. The van der Waals surface area contributed by atoms with Gasteiger partial charge in [0, 0.05) is 70.9 Å². The number of hydrogen-bond donors (Lipinski definition) is 2. The third kappa shape index (κ3) is 4.29. The summed E-state index contributed by atoms with van der Waals surface area (Å²) < 4.78 is 5.65. The van der Waals surface area contributed by atoms with Crippen molar-refractivity contribution in [2.75, 3.05) is 74.0 Å². The third-order valence-corrected chi connectivity index (χ3v) is 8.19. The fourth-order valence-electron chi connectivity index (χ4n) is 5.88. The monoisotopic (exact) mass is 516 g/mol. The molecule has 9 heteroatoms. The van der Waals surface area contributed by atoms with Crippen molar-refractivity contribution in [2.24, 2.45) is 5.92 Å².